The molecule has 4 rings (SSSR count). The lowest BCUT2D eigenvalue weighted by molar-refractivity contribution is -0.143. The molecule has 1 amide bonds. The Morgan fingerprint density at radius 3 is 2.11 bits per heavy atom. The van der Waals surface area contributed by atoms with E-state index >= 15 is 0 Å². The summed E-state index contributed by atoms with van der Waals surface area (Å²) in [4.78, 5) is 38.9. The van der Waals surface area contributed by atoms with E-state index < -0.39 is 24.1 Å². The van der Waals surface area contributed by atoms with Gasteiger partial charge in [-0.2, -0.15) is 0 Å². The number of fused-ring (bicyclic) bond motifs is 3. The lowest BCUT2D eigenvalue weighted by atomic mass is 9.98. The number of carbonyl (C=O) groups excluding carboxylic acids is 2. The van der Waals surface area contributed by atoms with Crippen molar-refractivity contribution in [2.75, 3.05) is 19.8 Å². The summed E-state index contributed by atoms with van der Waals surface area (Å²) in [5.74, 6) is -1.73. The zero-order valence-corrected chi connectivity index (χ0v) is 21.1. The summed E-state index contributed by atoms with van der Waals surface area (Å²) >= 11 is 0. The highest BCUT2D eigenvalue weighted by Crippen LogP contribution is 2.44. The van der Waals surface area contributed by atoms with Gasteiger partial charge in [-0.25, -0.2) is 9.59 Å². The molecule has 0 bridgehead atoms. The smallest absolute Gasteiger partial charge is 0.410 e. The van der Waals surface area contributed by atoms with Gasteiger partial charge in [0.15, 0.2) is 0 Å². The highest BCUT2D eigenvalue weighted by atomic mass is 16.6. The zero-order chi connectivity index (χ0) is 26.9. The second kappa shape index (κ2) is 12.7. The second-order valence-corrected chi connectivity index (χ2v) is 9.12. The van der Waals surface area contributed by atoms with Crippen LogP contribution in [0.2, 0.25) is 0 Å². The predicted molar refractivity (Wildman–Crippen MR) is 144 cm³/mol. The van der Waals surface area contributed by atoms with Crippen molar-refractivity contribution in [3.8, 4) is 11.1 Å². The maximum atomic E-state index is 13.4. The molecule has 0 radical (unpaired) electrons. The fraction of sp³-hybridized carbons (Fsp3) is 0.258. The van der Waals surface area contributed by atoms with Crippen LogP contribution in [0.3, 0.4) is 0 Å². The Labute approximate surface area is 222 Å². The number of ether oxygens (including phenoxy) is 2. The van der Waals surface area contributed by atoms with Crippen molar-refractivity contribution in [2.45, 2.75) is 31.2 Å². The summed E-state index contributed by atoms with van der Waals surface area (Å²) in [6.07, 6.45) is 1.13. The Hall–Kier alpha value is -4.39. The van der Waals surface area contributed by atoms with Crippen LogP contribution in [0.1, 0.15) is 35.4 Å². The van der Waals surface area contributed by atoms with E-state index in [2.05, 4.69) is 6.58 Å². The Bertz CT molecular complexity index is 1240. The first kappa shape index (κ1) is 26.7. The number of hydrogen-bond acceptors (Lipinski definition) is 5. The van der Waals surface area contributed by atoms with Gasteiger partial charge in [0.25, 0.3) is 0 Å². The van der Waals surface area contributed by atoms with E-state index in [0.717, 1.165) is 27.8 Å². The number of carbonyl (C=O) groups is 3. The second-order valence-electron chi connectivity index (χ2n) is 9.12. The summed E-state index contributed by atoms with van der Waals surface area (Å²) in [7, 11) is 0. The van der Waals surface area contributed by atoms with Crippen LogP contribution in [0, 0.1) is 0 Å². The number of hydrogen-bond donors (Lipinski definition) is 1. The van der Waals surface area contributed by atoms with Crippen LogP contribution in [-0.2, 0) is 25.5 Å². The Morgan fingerprint density at radius 1 is 0.895 bits per heavy atom. The molecule has 0 unspecified atom stereocenters. The molecule has 0 saturated carbocycles. The van der Waals surface area contributed by atoms with Crippen molar-refractivity contribution in [1.82, 2.24) is 4.90 Å². The lowest BCUT2D eigenvalue weighted by Gasteiger charge is -2.29. The number of carboxylic acids is 1. The van der Waals surface area contributed by atoms with Crippen LogP contribution in [0.15, 0.2) is 91.5 Å². The molecule has 1 atom stereocenters. The van der Waals surface area contributed by atoms with Crippen molar-refractivity contribution in [2.24, 2.45) is 0 Å². The average molecular weight is 514 g/mol. The van der Waals surface area contributed by atoms with E-state index in [4.69, 9.17) is 9.47 Å². The van der Waals surface area contributed by atoms with Crippen molar-refractivity contribution in [3.05, 3.63) is 108 Å². The topological polar surface area (TPSA) is 93.1 Å². The molecule has 0 fully saturated rings. The number of carboxylic acid groups (broad SMARTS) is 1. The average Bonchev–Trinajstić information content (AvgIpc) is 3.26. The molecule has 7 heteroatoms. The summed E-state index contributed by atoms with van der Waals surface area (Å²) in [5.41, 5.74) is 5.12. The lowest BCUT2D eigenvalue weighted by Crippen LogP contribution is -2.47. The highest BCUT2D eigenvalue weighted by molar-refractivity contribution is 5.81. The number of benzene rings is 3. The summed E-state index contributed by atoms with van der Waals surface area (Å²) < 4.78 is 10.8. The molecule has 0 heterocycles. The van der Waals surface area contributed by atoms with Crippen LogP contribution >= 0.6 is 0 Å². The molecule has 0 saturated heterocycles. The molecule has 1 N–H and O–H groups in total. The van der Waals surface area contributed by atoms with Gasteiger partial charge in [-0.15, -0.1) is 0 Å². The van der Waals surface area contributed by atoms with Gasteiger partial charge in [-0.1, -0.05) is 91.5 Å². The van der Waals surface area contributed by atoms with Gasteiger partial charge in [-0.05, 0) is 34.2 Å². The van der Waals surface area contributed by atoms with E-state index in [0.29, 0.717) is 0 Å². The number of rotatable bonds is 12. The monoisotopic (exact) mass is 513 g/mol. The summed E-state index contributed by atoms with van der Waals surface area (Å²) in [6.45, 7) is 3.72. The number of esters is 1. The quantitative estimate of drug-likeness (QED) is 0.256. The minimum Gasteiger partial charge on any atom is -0.480 e. The third-order valence-corrected chi connectivity index (χ3v) is 6.65. The number of amides is 1. The predicted octanol–water partition coefficient (Wildman–Crippen LogP) is 5.44. The molecule has 1 aliphatic rings. The SMILES string of the molecule is C=CCOC(=O)CCCN(C(=O)OCC1c2ccccc2-c2ccccc21)[C@@H](Cc1ccccc1)C(=O)O. The van der Waals surface area contributed by atoms with E-state index in [1.165, 1.54) is 11.0 Å². The van der Waals surface area contributed by atoms with Gasteiger partial charge >= 0.3 is 18.0 Å². The largest absolute Gasteiger partial charge is 0.480 e. The molecule has 0 aromatic heterocycles. The molecule has 7 nitrogen and oxygen atoms in total. The van der Waals surface area contributed by atoms with Crippen molar-refractivity contribution in [3.63, 3.8) is 0 Å². The summed E-state index contributed by atoms with van der Waals surface area (Å²) in [6, 6.07) is 24.0. The van der Waals surface area contributed by atoms with E-state index in [1.807, 2.05) is 78.9 Å². The fourth-order valence-corrected chi connectivity index (χ4v) is 4.84. The van der Waals surface area contributed by atoms with Crippen LogP contribution < -0.4 is 0 Å². The molecule has 3 aromatic rings. The number of nitrogens with zero attached hydrogens (tertiary/aromatic N) is 1. The van der Waals surface area contributed by atoms with Gasteiger partial charge in [0.05, 0.1) is 0 Å². The van der Waals surface area contributed by atoms with E-state index in [1.54, 1.807) is 0 Å². The van der Waals surface area contributed by atoms with Crippen molar-refractivity contribution < 1.29 is 29.0 Å². The van der Waals surface area contributed by atoms with Gasteiger partial charge < -0.3 is 14.6 Å². The molecular formula is C31H31NO6. The Morgan fingerprint density at radius 2 is 1.50 bits per heavy atom. The zero-order valence-electron chi connectivity index (χ0n) is 21.1. The van der Waals surface area contributed by atoms with Gasteiger partial charge in [0.2, 0.25) is 0 Å². The molecule has 0 aliphatic heterocycles. The van der Waals surface area contributed by atoms with E-state index in [-0.39, 0.29) is 44.9 Å². The third kappa shape index (κ3) is 6.29. The normalized spacial score (nSPS) is 12.6. The minimum absolute atomic E-state index is 0.0314. The molecule has 3 aromatic carbocycles. The van der Waals surface area contributed by atoms with Crippen LogP contribution in [-0.4, -0.2) is 53.8 Å². The first-order chi connectivity index (χ1) is 18.5. The van der Waals surface area contributed by atoms with Gasteiger partial charge in [-0.3, -0.25) is 9.69 Å². The van der Waals surface area contributed by atoms with Gasteiger partial charge in [0.1, 0.15) is 19.3 Å². The van der Waals surface area contributed by atoms with Crippen molar-refractivity contribution >= 4 is 18.0 Å². The standard InChI is InChI=1S/C31H31NO6/c1-2-19-37-29(33)17-10-18-32(28(30(34)35)20-22-11-4-3-5-12-22)31(36)38-21-27-25-15-8-6-13-23(25)24-14-7-9-16-26(24)27/h2-9,11-16,27-28H,1,10,17-21H2,(H,34,35)/t28-/m0/s1. The van der Waals surface area contributed by atoms with Crippen LogP contribution in [0.4, 0.5) is 4.79 Å². The molecule has 38 heavy (non-hydrogen) atoms. The molecular weight excluding hydrogens is 482 g/mol. The maximum absolute atomic E-state index is 13.4. The fourth-order valence-electron chi connectivity index (χ4n) is 4.84. The van der Waals surface area contributed by atoms with Crippen LogP contribution in [0.5, 0.6) is 0 Å². The first-order valence-corrected chi connectivity index (χ1v) is 12.6. The third-order valence-electron chi connectivity index (χ3n) is 6.65. The summed E-state index contributed by atoms with van der Waals surface area (Å²) in [5, 5.41) is 10.1. The highest BCUT2D eigenvalue weighted by Gasteiger charge is 2.33. The minimum atomic E-state index is -1.16. The molecule has 0 spiro atoms. The Kier molecular flexibility index (Phi) is 8.93. The molecule has 1 aliphatic carbocycles. The Balaban J connectivity index is 1.51. The van der Waals surface area contributed by atoms with Crippen LogP contribution in [0.25, 0.3) is 11.1 Å². The van der Waals surface area contributed by atoms with E-state index in [9.17, 15) is 19.5 Å². The number of aliphatic carboxylic acids is 1. The van der Waals surface area contributed by atoms with Crippen molar-refractivity contribution in [1.29, 1.82) is 0 Å². The first-order valence-electron chi connectivity index (χ1n) is 12.6. The maximum Gasteiger partial charge on any atom is 0.410 e. The van der Waals surface area contributed by atoms with Gasteiger partial charge in [0, 0.05) is 25.3 Å². The molecule has 196 valence electrons.